The average molecular weight is 340 g/mol. The summed E-state index contributed by atoms with van der Waals surface area (Å²) in [5.41, 5.74) is 2.33. The van der Waals surface area contributed by atoms with Gasteiger partial charge in [0.05, 0.1) is 17.5 Å². The Kier molecular flexibility index (Phi) is 3.49. The molecule has 0 spiro atoms. The molecule has 0 fully saturated rings. The smallest absolute Gasteiger partial charge is 0.335 e. The Bertz CT molecular complexity index is 1020. The minimum absolute atomic E-state index is 0.0132. The van der Waals surface area contributed by atoms with E-state index in [-0.39, 0.29) is 11.1 Å². The third kappa shape index (κ3) is 2.34. The topological polar surface area (TPSA) is 72.2 Å². The third-order valence-electron chi connectivity index (χ3n) is 4.56. The van der Waals surface area contributed by atoms with Crippen LogP contribution in [0, 0.1) is 6.92 Å². The van der Waals surface area contributed by atoms with Gasteiger partial charge in [-0.2, -0.15) is 0 Å². The van der Waals surface area contributed by atoms with Gasteiger partial charge in [-0.15, -0.1) is 11.3 Å². The molecule has 3 aromatic rings. The van der Waals surface area contributed by atoms with Crippen LogP contribution in [0.1, 0.15) is 38.6 Å². The minimum atomic E-state index is -0.952. The number of hydrogen-bond acceptors (Lipinski definition) is 4. The molecule has 0 bridgehead atoms. The van der Waals surface area contributed by atoms with Crippen LogP contribution in [0.4, 0.5) is 0 Å². The maximum atomic E-state index is 13.0. The standard InChI is InChI=1S/C18H16N2O3S/c1-10-19-16-15(13-3-2-4-14(13)24-16)17(21)20(10)9-11-5-7-12(8-6-11)18(22)23/h5-8H,2-4,9H2,1H3,(H,22,23). The van der Waals surface area contributed by atoms with Crippen molar-refractivity contribution in [1.29, 1.82) is 0 Å². The number of carbonyl (C=O) groups is 1. The molecule has 24 heavy (non-hydrogen) atoms. The van der Waals surface area contributed by atoms with Crippen molar-refractivity contribution >= 4 is 27.5 Å². The average Bonchev–Trinajstić information content (AvgIpc) is 3.12. The highest BCUT2D eigenvalue weighted by Crippen LogP contribution is 2.34. The predicted octanol–water partition coefficient (Wildman–Crippen LogP) is 3.00. The van der Waals surface area contributed by atoms with Crippen LogP contribution in [0.15, 0.2) is 29.1 Å². The molecule has 2 aromatic heterocycles. The second kappa shape index (κ2) is 5.56. The van der Waals surface area contributed by atoms with Crippen molar-refractivity contribution in [1.82, 2.24) is 9.55 Å². The van der Waals surface area contributed by atoms with E-state index in [0.29, 0.717) is 12.4 Å². The summed E-state index contributed by atoms with van der Waals surface area (Å²) in [4.78, 5) is 30.7. The molecule has 0 radical (unpaired) electrons. The molecular weight excluding hydrogens is 324 g/mol. The first-order valence-corrected chi connectivity index (χ1v) is 8.70. The summed E-state index contributed by atoms with van der Waals surface area (Å²) < 4.78 is 1.68. The molecule has 2 heterocycles. The van der Waals surface area contributed by atoms with Crippen LogP contribution in [0.2, 0.25) is 0 Å². The summed E-state index contributed by atoms with van der Waals surface area (Å²) in [5, 5.41) is 9.75. The molecule has 1 aromatic carbocycles. The molecule has 0 atom stereocenters. The number of rotatable bonds is 3. The number of hydrogen-bond donors (Lipinski definition) is 1. The number of aromatic carboxylic acids is 1. The zero-order valence-corrected chi connectivity index (χ0v) is 14.0. The van der Waals surface area contributed by atoms with Gasteiger partial charge in [-0.3, -0.25) is 9.36 Å². The molecule has 1 N–H and O–H groups in total. The van der Waals surface area contributed by atoms with Crippen molar-refractivity contribution in [3.05, 3.63) is 62.0 Å². The van der Waals surface area contributed by atoms with E-state index in [4.69, 9.17) is 5.11 Å². The van der Waals surface area contributed by atoms with Crippen molar-refractivity contribution in [2.75, 3.05) is 0 Å². The Balaban J connectivity index is 1.79. The summed E-state index contributed by atoms with van der Waals surface area (Å²) >= 11 is 1.65. The number of aryl methyl sites for hydroxylation is 3. The van der Waals surface area contributed by atoms with Gasteiger partial charge in [0.1, 0.15) is 10.7 Å². The second-order valence-electron chi connectivity index (χ2n) is 6.09. The van der Waals surface area contributed by atoms with Crippen molar-refractivity contribution in [3.8, 4) is 0 Å². The second-order valence-corrected chi connectivity index (χ2v) is 7.17. The quantitative estimate of drug-likeness (QED) is 0.795. The maximum absolute atomic E-state index is 13.0. The van der Waals surface area contributed by atoms with E-state index in [1.807, 2.05) is 6.92 Å². The Morgan fingerprint density at radius 2 is 2.04 bits per heavy atom. The van der Waals surface area contributed by atoms with Crippen LogP contribution >= 0.6 is 11.3 Å². The van der Waals surface area contributed by atoms with Crippen LogP contribution in [0.25, 0.3) is 10.2 Å². The normalized spacial score (nSPS) is 13.4. The molecule has 1 aliphatic rings. The molecule has 0 saturated heterocycles. The first kappa shape index (κ1) is 15.1. The number of carboxylic acid groups (broad SMARTS) is 1. The number of thiophene rings is 1. The number of benzene rings is 1. The number of nitrogens with zero attached hydrogens (tertiary/aromatic N) is 2. The summed E-state index contributed by atoms with van der Waals surface area (Å²) in [6.07, 6.45) is 3.12. The minimum Gasteiger partial charge on any atom is -0.478 e. The van der Waals surface area contributed by atoms with Crippen molar-refractivity contribution < 1.29 is 9.90 Å². The summed E-state index contributed by atoms with van der Waals surface area (Å²) in [6, 6.07) is 6.62. The van der Waals surface area contributed by atoms with Crippen molar-refractivity contribution in [2.24, 2.45) is 0 Å². The Hall–Kier alpha value is -2.47. The zero-order valence-electron chi connectivity index (χ0n) is 13.2. The lowest BCUT2D eigenvalue weighted by molar-refractivity contribution is 0.0697. The van der Waals surface area contributed by atoms with Gasteiger partial charge >= 0.3 is 5.97 Å². The Morgan fingerprint density at radius 3 is 2.75 bits per heavy atom. The van der Waals surface area contributed by atoms with Crippen LogP contribution in [-0.2, 0) is 19.4 Å². The molecule has 0 unspecified atom stereocenters. The molecule has 122 valence electrons. The SMILES string of the molecule is Cc1nc2sc3c(c2c(=O)n1Cc1ccc(C(=O)O)cc1)CCC3. The molecule has 0 aliphatic heterocycles. The summed E-state index contributed by atoms with van der Waals surface area (Å²) in [7, 11) is 0. The van der Waals surface area contributed by atoms with Crippen molar-refractivity contribution in [3.63, 3.8) is 0 Å². The lowest BCUT2D eigenvalue weighted by Gasteiger charge is -2.10. The van der Waals surface area contributed by atoms with Gasteiger partial charge in [0.25, 0.3) is 5.56 Å². The molecule has 0 amide bonds. The fourth-order valence-corrected chi connectivity index (χ4v) is 4.60. The molecule has 0 saturated carbocycles. The van der Waals surface area contributed by atoms with E-state index in [0.717, 1.165) is 35.0 Å². The van der Waals surface area contributed by atoms with Gasteiger partial charge in [-0.25, -0.2) is 9.78 Å². The van der Waals surface area contributed by atoms with Gasteiger partial charge in [0.2, 0.25) is 0 Å². The van der Waals surface area contributed by atoms with E-state index in [1.165, 1.54) is 10.4 Å². The fraction of sp³-hybridized carbons (Fsp3) is 0.278. The zero-order chi connectivity index (χ0) is 16.8. The van der Waals surface area contributed by atoms with Crippen LogP contribution in [-0.4, -0.2) is 20.6 Å². The number of carboxylic acids is 1. The predicted molar refractivity (Wildman–Crippen MR) is 93.1 cm³/mol. The van der Waals surface area contributed by atoms with Crippen molar-refractivity contribution in [2.45, 2.75) is 32.7 Å². The maximum Gasteiger partial charge on any atom is 0.335 e. The van der Waals surface area contributed by atoms with E-state index >= 15 is 0 Å². The van der Waals surface area contributed by atoms with Crippen LogP contribution < -0.4 is 5.56 Å². The van der Waals surface area contributed by atoms with Gasteiger partial charge in [0.15, 0.2) is 0 Å². The Morgan fingerprint density at radius 1 is 1.29 bits per heavy atom. The molecule has 1 aliphatic carbocycles. The first-order valence-electron chi connectivity index (χ1n) is 7.88. The number of fused-ring (bicyclic) bond motifs is 3. The summed E-state index contributed by atoms with van der Waals surface area (Å²) in [5.74, 6) is -0.262. The molecular formula is C18H16N2O3S. The molecule has 5 nitrogen and oxygen atoms in total. The monoisotopic (exact) mass is 340 g/mol. The fourth-order valence-electron chi connectivity index (χ4n) is 3.30. The molecule has 4 rings (SSSR count). The lowest BCUT2D eigenvalue weighted by Crippen LogP contribution is -2.24. The largest absolute Gasteiger partial charge is 0.478 e. The van der Waals surface area contributed by atoms with E-state index in [2.05, 4.69) is 4.98 Å². The highest BCUT2D eigenvalue weighted by Gasteiger charge is 2.22. The van der Waals surface area contributed by atoms with Crippen LogP contribution in [0.5, 0.6) is 0 Å². The first-order chi connectivity index (χ1) is 11.5. The van der Waals surface area contributed by atoms with E-state index in [9.17, 15) is 9.59 Å². The highest BCUT2D eigenvalue weighted by atomic mass is 32.1. The van der Waals surface area contributed by atoms with E-state index < -0.39 is 5.97 Å². The van der Waals surface area contributed by atoms with Gasteiger partial charge < -0.3 is 5.11 Å². The van der Waals surface area contributed by atoms with E-state index in [1.54, 1.807) is 40.2 Å². The van der Waals surface area contributed by atoms with Gasteiger partial charge in [-0.05, 0) is 49.4 Å². The number of aromatic nitrogens is 2. The third-order valence-corrected chi connectivity index (χ3v) is 5.74. The van der Waals surface area contributed by atoms with Gasteiger partial charge in [-0.1, -0.05) is 12.1 Å². The van der Waals surface area contributed by atoms with Crippen LogP contribution in [0.3, 0.4) is 0 Å². The van der Waals surface area contributed by atoms with Gasteiger partial charge in [0, 0.05) is 4.88 Å². The molecule has 6 heteroatoms. The summed E-state index contributed by atoms with van der Waals surface area (Å²) in [6.45, 7) is 2.25. The Labute approximate surface area is 142 Å². The lowest BCUT2D eigenvalue weighted by atomic mass is 10.1. The highest BCUT2D eigenvalue weighted by molar-refractivity contribution is 7.18.